The van der Waals surface area contributed by atoms with E-state index in [1.165, 1.54) is 11.1 Å². The highest BCUT2D eigenvalue weighted by Gasteiger charge is 2.08. The van der Waals surface area contributed by atoms with Gasteiger partial charge in [-0.2, -0.15) is 0 Å². The zero-order valence-corrected chi connectivity index (χ0v) is 11.8. The van der Waals surface area contributed by atoms with Crippen LogP contribution in [-0.4, -0.2) is 22.3 Å². The lowest BCUT2D eigenvalue weighted by Crippen LogP contribution is -2.25. The lowest BCUT2D eigenvalue weighted by Gasteiger charge is -2.17. The Kier molecular flexibility index (Phi) is 6.45. The van der Waals surface area contributed by atoms with Gasteiger partial charge in [0.25, 0.3) is 0 Å². The van der Waals surface area contributed by atoms with E-state index in [4.69, 9.17) is 0 Å². The zero-order chi connectivity index (χ0) is 12.7. The third-order valence-electron chi connectivity index (χ3n) is 2.93. The molecule has 2 atom stereocenters. The molecule has 0 aliphatic heterocycles. The van der Waals surface area contributed by atoms with Crippen molar-refractivity contribution in [2.45, 2.75) is 33.2 Å². The lowest BCUT2D eigenvalue weighted by molar-refractivity contribution is 0.537. The van der Waals surface area contributed by atoms with E-state index in [1.54, 1.807) is 0 Å². The molecule has 2 nitrogen and oxygen atoms in total. The van der Waals surface area contributed by atoms with Gasteiger partial charge in [0.15, 0.2) is 0 Å². The third kappa shape index (κ3) is 5.00. The summed E-state index contributed by atoms with van der Waals surface area (Å²) in [5.74, 6) is 1.50. The van der Waals surface area contributed by atoms with E-state index in [9.17, 15) is 4.21 Å². The summed E-state index contributed by atoms with van der Waals surface area (Å²) in [6.07, 6.45) is 1.06. The minimum atomic E-state index is -0.668. The molecule has 1 aromatic rings. The molecule has 17 heavy (non-hydrogen) atoms. The van der Waals surface area contributed by atoms with Gasteiger partial charge in [0.1, 0.15) is 0 Å². The van der Waals surface area contributed by atoms with Crippen LogP contribution in [0.15, 0.2) is 24.3 Å². The zero-order valence-electron chi connectivity index (χ0n) is 11.0. The standard InChI is InChI=1S/C14H23NOS/c1-4-14(15-10-11-17(16)5-2)13-8-6-12(3)7-9-13/h6-9,14-15H,4-5,10-11H2,1-3H3. The van der Waals surface area contributed by atoms with Crippen LogP contribution in [0.1, 0.15) is 37.4 Å². The van der Waals surface area contributed by atoms with E-state index in [0.29, 0.717) is 6.04 Å². The summed E-state index contributed by atoms with van der Waals surface area (Å²) < 4.78 is 11.3. The van der Waals surface area contributed by atoms with Gasteiger partial charge in [-0.3, -0.25) is 4.21 Å². The highest BCUT2D eigenvalue weighted by molar-refractivity contribution is 7.84. The van der Waals surface area contributed by atoms with Crippen LogP contribution in [-0.2, 0) is 10.8 Å². The molecule has 0 amide bonds. The first-order valence-electron chi connectivity index (χ1n) is 6.32. The Labute approximate surface area is 107 Å². The van der Waals surface area contributed by atoms with Crippen molar-refractivity contribution >= 4 is 10.8 Å². The molecule has 0 saturated heterocycles. The molecule has 0 saturated carbocycles. The second-order valence-corrected chi connectivity index (χ2v) is 6.12. The van der Waals surface area contributed by atoms with Gasteiger partial charge < -0.3 is 5.32 Å². The first kappa shape index (κ1) is 14.4. The van der Waals surface area contributed by atoms with Gasteiger partial charge in [0.05, 0.1) is 0 Å². The van der Waals surface area contributed by atoms with Crippen LogP contribution in [0, 0.1) is 6.92 Å². The molecule has 1 N–H and O–H groups in total. The lowest BCUT2D eigenvalue weighted by atomic mass is 10.0. The van der Waals surface area contributed by atoms with Gasteiger partial charge in [-0.15, -0.1) is 0 Å². The Morgan fingerprint density at radius 2 is 1.88 bits per heavy atom. The molecule has 0 bridgehead atoms. The SMILES string of the molecule is CCC(NCCS(=O)CC)c1ccc(C)cc1. The molecule has 2 unspecified atom stereocenters. The number of hydrogen-bond acceptors (Lipinski definition) is 2. The second kappa shape index (κ2) is 7.62. The number of aryl methyl sites for hydroxylation is 1. The normalized spacial score (nSPS) is 14.5. The summed E-state index contributed by atoms with van der Waals surface area (Å²) in [5, 5.41) is 3.48. The van der Waals surface area contributed by atoms with Crippen LogP contribution >= 0.6 is 0 Å². The highest BCUT2D eigenvalue weighted by atomic mass is 32.2. The summed E-state index contributed by atoms with van der Waals surface area (Å²) in [6, 6.07) is 9.01. The second-order valence-electron chi connectivity index (χ2n) is 4.26. The van der Waals surface area contributed by atoms with Crippen molar-refractivity contribution in [3.8, 4) is 0 Å². The molecule has 0 fully saturated rings. The molecule has 1 aromatic carbocycles. The van der Waals surface area contributed by atoms with E-state index in [2.05, 4.69) is 43.4 Å². The molecule has 0 heterocycles. The first-order chi connectivity index (χ1) is 8.17. The Balaban J connectivity index is 2.48. The number of hydrogen-bond donors (Lipinski definition) is 1. The third-order valence-corrected chi connectivity index (χ3v) is 4.23. The van der Waals surface area contributed by atoms with E-state index in [1.807, 2.05) is 6.92 Å². The monoisotopic (exact) mass is 253 g/mol. The maximum absolute atomic E-state index is 11.3. The predicted octanol–water partition coefficient (Wildman–Crippen LogP) is 2.80. The van der Waals surface area contributed by atoms with Crippen LogP contribution in [0.4, 0.5) is 0 Å². The molecular weight excluding hydrogens is 230 g/mol. The molecule has 0 aliphatic rings. The largest absolute Gasteiger partial charge is 0.309 e. The minimum absolute atomic E-state index is 0.379. The van der Waals surface area contributed by atoms with Gasteiger partial charge in [-0.05, 0) is 18.9 Å². The Morgan fingerprint density at radius 1 is 1.24 bits per heavy atom. The topological polar surface area (TPSA) is 29.1 Å². The fourth-order valence-electron chi connectivity index (χ4n) is 1.79. The van der Waals surface area contributed by atoms with E-state index < -0.39 is 10.8 Å². The van der Waals surface area contributed by atoms with Crippen LogP contribution in [0.25, 0.3) is 0 Å². The highest BCUT2D eigenvalue weighted by Crippen LogP contribution is 2.16. The van der Waals surface area contributed by atoms with E-state index in [0.717, 1.165) is 24.5 Å². The fourth-order valence-corrected chi connectivity index (χ4v) is 2.42. The molecule has 0 radical (unpaired) electrons. The number of benzene rings is 1. The van der Waals surface area contributed by atoms with Crippen LogP contribution in [0.3, 0.4) is 0 Å². The molecular formula is C14H23NOS. The van der Waals surface area contributed by atoms with E-state index in [-0.39, 0.29) is 0 Å². The van der Waals surface area contributed by atoms with Crippen LogP contribution < -0.4 is 5.32 Å². The summed E-state index contributed by atoms with van der Waals surface area (Å²) in [6.45, 7) is 7.07. The van der Waals surface area contributed by atoms with Crippen molar-refractivity contribution in [1.82, 2.24) is 5.32 Å². The van der Waals surface area contributed by atoms with Crippen molar-refractivity contribution in [3.63, 3.8) is 0 Å². The first-order valence-corrected chi connectivity index (χ1v) is 7.81. The maximum atomic E-state index is 11.3. The summed E-state index contributed by atoms with van der Waals surface area (Å²) in [7, 11) is -0.668. The maximum Gasteiger partial charge on any atom is 0.0360 e. The fraction of sp³-hybridized carbons (Fsp3) is 0.571. The van der Waals surface area contributed by atoms with Crippen molar-refractivity contribution in [2.75, 3.05) is 18.1 Å². The average molecular weight is 253 g/mol. The smallest absolute Gasteiger partial charge is 0.0360 e. The van der Waals surface area contributed by atoms with Gasteiger partial charge >= 0.3 is 0 Å². The van der Waals surface area contributed by atoms with Crippen molar-refractivity contribution in [1.29, 1.82) is 0 Å². The average Bonchev–Trinajstić information content (AvgIpc) is 2.35. The summed E-state index contributed by atoms with van der Waals surface area (Å²) in [4.78, 5) is 0. The van der Waals surface area contributed by atoms with Crippen molar-refractivity contribution in [2.24, 2.45) is 0 Å². The molecule has 0 aliphatic carbocycles. The molecule has 0 spiro atoms. The molecule has 3 heteroatoms. The number of nitrogens with one attached hydrogen (secondary N) is 1. The van der Waals surface area contributed by atoms with Gasteiger partial charge in [0.2, 0.25) is 0 Å². The van der Waals surface area contributed by atoms with Crippen LogP contribution in [0.2, 0.25) is 0 Å². The van der Waals surface area contributed by atoms with Crippen LogP contribution in [0.5, 0.6) is 0 Å². The molecule has 1 rings (SSSR count). The summed E-state index contributed by atoms with van der Waals surface area (Å²) in [5.41, 5.74) is 2.61. The molecule has 0 aromatic heterocycles. The van der Waals surface area contributed by atoms with E-state index >= 15 is 0 Å². The Morgan fingerprint density at radius 3 is 2.41 bits per heavy atom. The molecule has 96 valence electrons. The van der Waals surface area contributed by atoms with Gasteiger partial charge in [-0.1, -0.05) is 43.7 Å². The summed E-state index contributed by atoms with van der Waals surface area (Å²) >= 11 is 0. The van der Waals surface area contributed by atoms with Crippen molar-refractivity contribution in [3.05, 3.63) is 35.4 Å². The Hall–Kier alpha value is -0.670. The van der Waals surface area contributed by atoms with Gasteiger partial charge in [-0.25, -0.2) is 0 Å². The quantitative estimate of drug-likeness (QED) is 0.809. The van der Waals surface area contributed by atoms with Crippen molar-refractivity contribution < 1.29 is 4.21 Å². The number of rotatable bonds is 7. The predicted molar refractivity (Wildman–Crippen MR) is 75.8 cm³/mol. The Bertz CT molecular complexity index is 348. The van der Waals surface area contributed by atoms with Gasteiger partial charge in [0, 0.05) is 34.9 Å². The minimum Gasteiger partial charge on any atom is -0.309 e.